The van der Waals surface area contributed by atoms with Gasteiger partial charge in [0, 0.05) is 23.7 Å². The Morgan fingerprint density at radius 1 is 1.04 bits per heavy atom. The summed E-state index contributed by atoms with van der Waals surface area (Å²) in [7, 11) is 0. The first-order valence-electron chi connectivity index (χ1n) is 9.21. The number of carbonyl (C=O) groups is 2. The minimum atomic E-state index is -0.316. The number of halogens is 1. The summed E-state index contributed by atoms with van der Waals surface area (Å²) in [6.07, 6.45) is 4.85. The van der Waals surface area contributed by atoms with E-state index in [4.69, 9.17) is 16.3 Å². The van der Waals surface area contributed by atoms with Gasteiger partial charge in [0.15, 0.2) is 6.61 Å². The van der Waals surface area contributed by atoms with Crippen LogP contribution in [0.2, 0.25) is 5.02 Å². The van der Waals surface area contributed by atoms with E-state index in [9.17, 15) is 9.59 Å². The molecule has 1 heterocycles. The van der Waals surface area contributed by atoms with Gasteiger partial charge in [-0.3, -0.25) is 9.59 Å². The van der Waals surface area contributed by atoms with Gasteiger partial charge in [0.25, 0.3) is 11.8 Å². The van der Waals surface area contributed by atoms with Crippen molar-refractivity contribution in [1.82, 2.24) is 10.3 Å². The molecule has 1 saturated heterocycles. The van der Waals surface area contributed by atoms with Crippen molar-refractivity contribution in [2.45, 2.75) is 19.3 Å². The van der Waals surface area contributed by atoms with Crippen molar-refractivity contribution in [1.29, 1.82) is 0 Å². The Kier molecular flexibility index (Phi) is 7.03. The molecule has 3 rings (SSSR count). The quantitative estimate of drug-likeness (QED) is 0.597. The summed E-state index contributed by atoms with van der Waals surface area (Å²) in [5.41, 5.74) is 3.74. The van der Waals surface area contributed by atoms with Gasteiger partial charge in [0.2, 0.25) is 0 Å². The Balaban J connectivity index is 1.45. The normalized spacial score (nSPS) is 14.1. The van der Waals surface area contributed by atoms with E-state index in [2.05, 4.69) is 10.5 Å². The molecule has 0 aromatic heterocycles. The van der Waals surface area contributed by atoms with Crippen LogP contribution < -0.4 is 10.2 Å². The van der Waals surface area contributed by atoms with Crippen molar-refractivity contribution >= 4 is 29.6 Å². The molecule has 0 spiro atoms. The topological polar surface area (TPSA) is 71.0 Å². The lowest BCUT2D eigenvalue weighted by Gasteiger charge is -2.26. The molecule has 0 atom stereocenters. The van der Waals surface area contributed by atoms with Crippen LogP contribution in [0, 0.1) is 0 Å². The Bertz CT molecular complexity index is 829. The number of carbonyl (C=O) groups excluding carboxylic acids is 2. The Hall–Kier alpha value is -2.86. The zero-order valence-electron chi connectivity index (χ0n) is 15.4. The molecular formula is C21H22ClN3O3. The molecule has 1 aliphatic heterocycles. The maximum atomic E-state index is 12.1. The van der Waals surface area contributed by atoms with Crippen LogP contribution in [0.25, 0.3) is 0 Å². The van der Waals surface area contributed by atoms with Gasteiger partial charge in [-0.1, -0.05) is 11.6 Å². The molecule has 2 amide bonds. The van der Waals surface area contributed by atoms with Gasteiger partial charge in [0.05, 0.1) is 6.21 Å². The third-order valence-electron chi connectivity index (χ3n) is 4.44. The number of ether oxygens (including phenoxy) is 1. The van der Waals surface area contributed by atoms with E-state index < -0.39 is 0 Å². The number of hydrogen-bond acceptors (Lipinski definition) is 4. The average Bonchev–Trinajstić information content (AvgIpc) is 2.74. The van der Waals surface area contributed by atoms with E-state index in [1.165, 1.54) is 12.6 Å². The second-order valence-electron chi connectivity index (χ2n) is 6.51. The molecule has 0 bridgehead atoms. The van der Waals surface area contributed by atoms with Crippen molar-refractivity contribution < 1.29 is 14.3 Å². The first-order valence-corrected chi connectivity index (χ1v) is 9.59. The number of likely N-dealkylation sites (tertiary alicyclic amines) is 1. The minimum Gasteiger partial charge on any atom is -0.484 e. The van der Waals surface area contributed by atoms with Gasteiger partial charge in [-0.2, -0.15) is 5.10 Å². The third kappa shape index (κ3) is 5.82. The van der Waals surface area contributed by atoms with E-state index in [0.717, 1.165) is 31.5 Å². The molecule has 6 nitrogen and oxygen atoms in total. The predicted molar refractivity (Wildman–Crippen MR) is 109 cm³/mol. The number of rotatable bonds is 6. The van der Waals surface area contributed by atoms with Crippen molar-refractivity contribution in [3.63, 3.8) is 0 Å². The highest BCUT2D eigenvalue weighted by Crippen LogP contribution is 2.13. The van der Waals surface area contributed by atoms with Gasteiger partial charge < -0.3 is 9.64 Å². The van der Waals surface area contributed by atoms with E-state index in [0.29, 0.717) is 16.3 Å². The fraction of sp³-hybridized carbons (Fsp3) is 0.286. The highest BCUT2D eigenvalue weighted by atomic mass is 35.5. The van der Waals surface area contributed by atoms with Crippen LogP contribution in [0.5, 0.6) is 5.75 Å². The molecule has 28 heavy (non-hydrogen) atoms. The molecule has 0 saturated carbocycles. The molecule has 1 N–H and O–H groups in total. The molecule has 7 heteroatoms. The van der Waals surface area contributed by atoms with E-state index in [1.807, 2.05) is 4.90 Å². The summed E-state index contributed by atoms with van der Waals surface area (Å²) in [6.45, 7) is 1.68. The Morgan fingerprint density at radius 3 is 2.39 bits per heavy atom. The van der Waals surface area contributed by atoms with Crippen molar-refractivity contribution in [2.24, 2.45) is 5.10 Å². The molecule has 2 aromatic carbocycles. The second kappa shape index (κ2) is 9.90. The van der Waals surface area contributed by atoms with Crippen molar-refractivity contribution in [3.8, 4) is 5.75 Å². The van der Waals surface area contributed by atoms with Crippen LogP contribution in [0.1, 0.15) is 35.2 Å². The number of nitrogens with zero attached hydrogens (tertiary/aromatic N) is 2. The van der Waals surface area contributed by atoms with Crippen molar-refractivity contribution in [2.75, 3.05) is 19.7 Å². The van der Waals surface area contributed by atoms with Gasteiger partial charge in [-0.25, -0.2) is 5.43 Å². The molecule has 0 aliphatic carbocycles. The number of piperidine rings is 1. The van der Waals surface area contributed by atoms with Gasteiger partial charge in [-0.15, -0.1) is 0 Å². The third-order valence-corrected chi connectivity index (χ3v) is 4.69. The zero-order valence-corrected chi connectivity index (χ0v) is 16.2. The maximum Gasteiger partial charge on any atom is 0.271 e. The first kappa shape index (κ1) is 19.9. The summed E-state index contributed by atoms with van der Waals surface area (Å²) in [5.74, 6) is 0.326. The van der Waals surface area contributed by atoms with E-state index in [-0.39, 0.29) is 18.4 Å². The molecule has 1 aliphatic rings. The lowest BCUT2D eigenvalue weighted by atomic mass is 10.1. The molecule has 0 unspecified atom stereocenters. The first-order chi connectivity index (χ1) is 13.6. The Morgan fingerprint density at radius 2 is 1.71 bits per heavy atom. The summed E-state index contributed by atoms with van der Waals surface area (Å²) in [6, 6.07) is 13.7. The average molecular weight is 400 g/mol. The highest BCUT2D eigenvalue weighted by molar-refractivity contribution is 6.30. The van der Waals surface area contributed by atoms with Crippen LogP contribution in [0.4, 0.5) is 0 Å². The van der Waals surface area contributed by atoms with Crippen molar-refractivity contribution in [3.05, 3.63) is 64.7 Å². The second-order valence-corrected chi connectivity index (χ2v) is 6.94. The molecule has 146 valence electrons. The smallest absolute Gasteiger partial charge is 0.271 e. The van der Waals surface area contributed by atoms with Gasteiger partial charge in [0.1, 0.15) is 5.75 Å². The van der Waals surface area contributed by atoms with Gasteiger partial charge in [-0.05, 0) is 73.4 Å². The number of hydrazone groups is 1. The van der Waals surface area contributed by atoms with Crippen LogP contribution >= 0.6 is 11.6 Å². The van der Waals surface area contributed by atoms with E-state index >= 15 is 0 Å². The predicted octanol–water partition coefficient (Wildman–Crippen LogP) is 3.50. The molecular weight excluding hydrogens is 378 g/mol. The van der Waals surface area contributed by atoms with Crippen LogP contribution in [0.3, 0.4) is 0 Å². The lowest BCUT2D eigenvalue weighted by molar-refractivity contribution is -0.134. The molecule has 1 fully saturated rings. The minimum absolute atomic E-state index is 0.0234. The Labute approximate surface area is 169 Å². The summed E-state index contributed by atoms with van der Waals surface area (Å²) < 4.78 is 5.57. The number of benzene rings is 2. The van der Waals surface area contributed by atoms with Crippen LogP contribution in [0.15, 0.2) is 53.6 Å². The van der Waals surface area contributed by atoms with Crippen LogP contribution in [-0.4, -0.2) is 42.6 Å². The number of amides is 2. The lowest BCUT2D eigenvalue weighted by Crippen LogP contribution is -2.38. The summed E-state index contributed by atoms with van der Waals surface area (Å²) in [5, 5.41) is 4.52. The summed E-state index contributed by atoms with van der Waals surface area (Å²) >= 11 is 5.80. The molecule has 0 radical (unpaired) electrons. The number of nitrogens with one attached hydrogen (secondary N) is 1. The SMILES string of the molecule is O=C(N/N=C\c1ccc(OCC(=O)N2CCCCC2)cc1)c1ccc(Cl)cc1. The zero-order chi connectivity index (χ0) is 19.8. The fourth-order valence-electron chi connectivity index (χ4n) is 2.86. The fourth-order valence-corrected chi connectivity index (χ4v) is 2.99. The van der Waals surface area contributed by atoms with Crippen LogP contribution in [-0.2, 0) is 4.79 Å². The van der Waals surface area contributed by atoms with Gasteiger partial charge >= 0.3 is 0 Å². The largest absolute Gasteiger partial charge is 0.484 e. The summed E-state index contributed by atoms with van der Waals surface area (Å²) in [4.78, 5) is 25.9. The number of hydrogen-bond donors (Lipinski definition) is 1. The molecule has 2 aromatic rings. The van der Waals surface area contributed by atoms with E-state index in [1.54, 1.807) is 48.5 Å². The highest BCUT2D eigenvalue weighted by Gasteiger charge is 2.16. The standard InChI is InChI=1S/C21H22ClN3O3/c22-18-8-6-17(7-9-18)21(27)24-23-14-16-4-10-19(11-5-16)28-15-20(26)25-12-2-1-3-13-25/h4-11,14H,1-3,12-13,15H2,(H,24,27)/b23-14-. The maximum absolute atomic E-state index is 12.1. The monoisotopic (exact) mass is 399 g/mol.